The quantitative estimate of drug-likeness (QED) is 0.876. The maximum absolute atomic E-state index is 4.13. The molecule has 0 aliphatic heterocycles. The van der Waals surface area contributed by atoms with Crippen molar-refractivity contribution in [2.24, 2.45) is 0 Å². The van der Waals surface area contributed by atoms with Gasteiger partial charge < -0.3 is 5.32 Å². The molecule has 0 saturated carbocycles. The molecular weight excluding hydrogens is 216 g/mol. The van der Waals surface area contributed by atoms with Gasteiger partial charge in [0.05, 0.1) is 5.51 Å². The van der Waals surface area contributed by atoms with Gasteiger partial charge in [-0.1, -0.05) is 29.8 Å². The van der Waals surface area contributed by atoms with E-state index in [9.17, 15) is 0 Å². The Bertz CT molecular complexity index is 420. The number of thiazole rings is 1. The molecule has 2 aromatic rings. The number of likely N-dealkylation sites (N-methyl/N-ethyl adjacent to an activating group) is 1. The smallest absolute Gasteiger partial charge is 0.0794 e. The Morgan fingerprint density at radius 2 is 2.06 bits per heavy atom. The molecule has 0 spiro atoms. The molecule has 1 unspecified atom stereocenters. The average molecular weight is 232 g/mol. The molecule has 16 heavy (non-hydrogen) atoms. The summed E-state index contributed by atoms with van der Waals surface area (Å²) in [5.74, 6) is 0. The van der Waals surface area contributed by atoms with Gasteiger partial charge in [-0.05, 0) is 26.0 Å². The fraction of sp³-hybridized carbons (Fsp3) is 0.308. The van der Waals surface area contributed by atoms with E-state index in [1.807, 2.05) is 18.8 Å². The molecule has 0 aliphatic carbocycles. The molecule has 1 heterocycles. The zero-order valence-electron chi connectivity index (χ0n) is 9.60. The first-order valence-electron chi connectivity index (χ1n) is 5.41. The van der Waals surface area contributed by atoms with Crippen molar-refractivity contribution in [1.82, 2.24) is 10.3 Å². The van der Waals surface area contributed by atoms with Crippen molar-refractivity contribution in [3.63, 3.8) is 0 Å². The fourth-order valence-electron chi connectivity index (χ4n) is 1.70. The van der Waals surface area contributed by atoms with Crippen LogP contribution in [-0.2, 0) is 6.42 Å². The number of aromatic nitrogens is 1. The molecule has 2 rings (SSSR count). The summed E-state index contributed by atoms with van der Waals surface area (Å²) in [6.07, 6.45) is 2.96. The van der Waals surface area contributed by atoms with Gasteiger partial charge >= 0.3 is 0 Å². The summed E-state index contributed by atoms with van der Waals surface area (Å²) in [6.45, 7) is 2.11. The Kier molecular flexibility index (Phi) is 3.70. The molecule has 1 N–H and O–H groups in total. The summed E-state index contributed by atoms with van der Waals surface area (Å²) in [5.41, 5.74) is 4.55. The monoisotopic (exact) mass is 232 g/mol. The summed E-state index contributed by atoms with van der Waals surface area (Å²) >= 11 is 1.70. The highest BCUT2D eigenvalue weighted by Gasteiger charge is 2.11. The second kappa shape index (κ2) is 5.23. The summed E-state index contributed by atoms with van der Waals surface area (Å²) < 4.78 is 0. The van der Waals surface area contributed by atoms with Crippen molar-refractivity contribution in [3.8, 4) is 0 Å². The molecule has 0 bridgehead atoms. The minimum absolute atomic E-state index is 0.371. The van der Waals surface area contributed by atoms with Crippen LogP contribution in [0.5, 0.6) is 0 Å². The van der Waals surface area contributed by atoms with Gasteiger partial charge in [0.15, 0.2) is 0 Å². The van der Waals surface area contributed by atoms with Gasteiger partial charge in [-0.3, -0.25) is 4.98 Å². The number of benzene rings is 1. The Morgan fingerprint density at radius 3 is 2.62 bits per heavy atom. The Balaban J connectivity index is 2.10. The van der Waals surface area contributed by atoms with Crippen molar-refractivity contribution < 1.29 is 0 Å². The van der Waals surface area contributed by atoms with Crippen LogP contribution in [0.15, 0.2) is 36.0 Å². The SMILES string of the molecule is CNC(Cc1ccc(C)cc1)c1cncs1. The number of hydrogen-bond acceptors (Lipinski definition) is 3. The van der Waals surface area contributed by atoms with Gasteiger partial charge in [0.2, 0.25) is 0 Å². The third-order valence-corrected chi connectivity index (χ3v) is 3.59. The first-order valence-corrected chi connectivity index (χ1v) is 6.29. The Hall–Kier alpha value is -1.19. The number of rotatable bonds is 4. The molecule has 2 nitrogen and oxygen atoms in total. The highest BCUT2D eigenvalue weighted by atomic mass is 32.1. The lowest BCUT2D eigenvalue weighted by molar-refractivity contribution is 0.601. The predicted octanol–water partition coefficient (Wildman–Crippen LogP) is 2.95. The first-order chi connectivity index (χ1) is 7.79. The van der Waals surface area contributed by atoms with E-state index in [0.29, 0.717) is 6.04 Å². The standard InChI is InChI=1S/C13H16N2S/c1-10-3-5-11(6-4-10)7-12(14-2)13-8-15-9-16-13/h3-6,8-9,12,14H,7H2,1-2H3. The summed E-state index contributed by atoms with van der Waals surface area (Å²) in [7, 11) is 2.00. The normalized spacial score (nSPS) is 12.6. The minimum Gasteiger partial charge on any atom is -0.312 e. The molecule has 0 radical (unpaired) electrons. The second-order valence-corrected chi connectivity index (χ2v) is 4.85. The van der Waals surface area contributed by atoms with E-state index in [0.717, 1.165) is 6.42 Å². The maximum Gasteiger partial charge on any atom is 0.0794 e. The van der Waals surface area contributed by atoms with Crippen molar-refractivity contribution in [1.29, 1.82) is 0 Å². The lowest BCUT2D eigenvalue weighted by Crippen LogP contribution is -2.17. The van der Waals surface area contributed by atoms with Gasteiger partial charge in [-0.15, -0.1) is 11.3 Å². The van der Waals surface area contributed by atoms with Crippen LogP contribution in [0.3, 0.4) is 0 Å². The van der Waals surface area contributed by atoms with Crippen LogP contribution in [0, 0.1) is 6.92 Å². The summed E-state index contributed by atoms with van der Waals surface area (Å²) in [6, 6.07) is 9.08. The molecule has 1 atom stereocenters. The van der Waals surface area contributed by atoms with Crippen LogP contribution in [0.1, 0.15) is 22.0 Å². The van der Waals surface area contributed by atoms with Crippen LogP contribution < -0.4 is 5.32 Å². The van der Waals surface area contributed by atoms with E-state index in [4.69, 9.17) is 0 Å². The van der Waals surface area contributed by atoms with Gasteiger partial charge in [0.25, 0.3) is 0 Å². The van der Waals surface area contributed by atoms with E-state index in [1.54, 1.807) is 11.3 Å². The zero-order valence-corrected chi connectivity index (χ0v) is 10.4. The van der Waals surface area contributed by atoms with Crippen LogP contribution >= 0.6 is 11.3 Å². The second-order valence-electron chi connectivity index (χ2n) is 3.93. The highest BCUT2D eigenvalue weighted by molar-refractivity contribution is 7.09. The zero-order chi connectivity index (χ0) is 11.4. The lowest BCUT2D eigenvalue weighted by atomic mass is 10.0. The first kappa shape index (κ1) is 11.3. The van der Waals surface area contributed by atoms with Crippen LogP contribution in [0.4, 0.5) is 0 Å². The van der Waals surface area contributed by atoms with Gasteiger partial charge in [-0.2, -0.15) is 0 Å². The van der Waals surface area contributed by atoms with Gasteiger partial charge in [0.1, 0.15) is 0 Å². The molecule has 3 heteroatoms. The molecule has 0 fully saturated rings. The van der Waals surface area contributed by atoms with Gasteiger partial charge in [-0.25, -0.2) is 0 Å². The van der Waals surface area contributed by atoms with Crippen molar-refractivity contribution in [2.75, 3.05) is 7.05 Å². The lowest BCUT2D eigenvalue weighted by Gasteiger charge is -2.14. The molecule has 84 valence electrons. The van der Waals surface area contributed by atoms with Crippen molar-refractivity contribution in [3.05, 3.63) is 52.0 Å². The predicted molar refractivity (Wildman–Crippen MR) is 68.8 cm³/mol. The van der Waals surface area contributed by atoms with E-state index in [1.165, 1.54) is 16.0 Å². The maximum atomic E-state index is 4.13. The third kappa shape index (κ3) is 2.68. The molecule has 1 aromatic carbocycles. The number of nitrogens with zero attached hydrogens (tertiary/aromatic N) is 1. The van der Waals surface area contributed by atoms with Crippen molar-refractivity contribution in [2.45, 2.75) is 19.4 Å². The van der Waals surface area contributed by atoms with Gasteiger partial charge in [0, 0.05) is 17.1 Å². The molecular formula is C13H16N2S. The third-order valence-electron chi connectivity index (χ3n) is 2.70. The van der Waals surface area contributed by atoms with Crippen LogP contribution in [-0.4, -0.2) is 12.0 Å². The largest absolute Gasteiger partial charge is 0.312 e. The molecule has 1 aromatic heterocycles. The van der Waals surface area contributed by atoms with Crippen LogP contribution in [0.2, 0.25) is 0 Å². The minimum atomic E-state index is 0.371. The highest BCUT2D eigenvalue weighted by Crippen LogP contribution is 2.21. The van der Waals surface area contributed by atoms with Crippen LogP contribution in [0.25, 0.3) is 0 Å². The average Bonchev–Trinajstić information content (AvgIpc) is 2.82. The molecule has 0 saturated heterocycles. The molecule has 0 amide bonds. The van der Waals surface area contributed by atoms with Crippen molar-refractivity contribution >= 4 is 11.3 Å². The molecule has 0 aliphatic rings. The number of nitrogens with one attached hydrogen (secondary N) is 1. The summed E-state index contributed by atoms with van der Waals surface area (Å²) in [5, 5.41) is 3.34. The van der Waals surface area contributed by atoms with E-state index < -0.39 is 0 Å². The van der Waals surface area contributed by atoms with E-state index in [2.05, 4.69) is 41.5 Å². The Labute approximate surface area is 100 Å². The van der Waals surface area contributed by atoms with E-state index in [-0.39, 0.29) is 0 Å². The fourth-order valence-corrected chi connectivity index (χ4v) is 2.43. The topological polar surface area (TPSA) is 24.9 Å². The Morgan fingerprint density at radius 1 is 1.31 bits per heavy atom. The number of aryl methyl sites for hydroxylation is 1. The van der Waals surface area contributed by atoms with E-state index >= 15 is 0 Å². The summed E-state index contributed by atoms with van der Waals surface area (Å²) in [4.78, 5) is 5.42. The number of hydrogen-bond donors (Lipinski definition) is 1.